The van der Waals surface area contributed by atoms with Crippen LogP contribution in [0.2, 0.25) is 0 Å². The molecule has 72 valence electrons. The standard InChI is InChI=1S/C6H13NO5/c7-3(1-8)5(11)6(12)4(10)2-9/h1,3-6,9-12H,2,7H2/t3-,4+,5-,6+/m0/s1. The molecule has 4 atom stereocenters. The first-order valence-corrected chi connectivity index (χ1v) is 3.40. The summed E-state index contributed by atoms with van der Waals surface area (Å²) in [5.41, 5.74) is 5.04. The molecule has 0 aromatic heterocycles. The third-order valence-electron chi connectivity index (χ3n) is 1.48. The Bertz CT molecular complexity index is 142. The summed E-state index contributed by atoms with van der Waals surface area (Å²) in [5.74, 6) is 0. The van der Waals surface area contributed by atoms with E-state index in [0.29, 0.717) is 0 Å². The highest BCUT2D eigenvalue weighted by Crippen LogP contribution is 2.01. The quantitative estimate of drug-likeness (QED) is 0.280. The van der Waals surface area contributed by atoms with Crippen LogP contribution in [-0.2, 0) is 4.79 Å². The molecule has 0 spiro atoms. The molecule has 6 heteroatoms. The Hall–Kier alpha value is -0.530. The van der Waals surface area contributed by atoms with Gasteiger partial charge in [0, 0.05) is 0 Å². The number of hydrogen-bond donors (Lipinski definition) is 5. The molecule has 0 heterocycles. The van der Waals surface area contributed by atoms with Crippen LogP contribution in [0.1, 0.15) is 0 Å². The summed E-state index contributed by atoms with van der Waals surface area (Å²) in [6.07, 6.45) is -4.43. The molecule has 6 N–H and O–H groups in total. The van der Waals surface area contributed by atoms with Gasteiger partial charge in [0.1, 0.15) is 24.6 Å². The highest BCUT2D eigenvalue weighted by molar-refractivity contribution is 5.58. The summed E-state index contributed by atoms with van der Waals surface area (Å²) in [6.45, 7) is -0.705. The molecule has 0 radical (unpaired) electrons. The van der Waals surface area contributed by atoms with Gasteiger partial charge in [-0.3, -0.25) is 0 Å². The number of nitrogens with two attached hydrogens (primary N) is 1. The number of carbonyl (C=O) groups excluding carboxylic acids is 1. The smallest absolute Gasteiger partial charge is 0.139 e. The number of aliphatic hydroxyl groups excluding tert-OH is 4. The summed E-state index contributed by atoms with van der Waals surface area (Å²) in [4.78, 5) is 10.0. The van der Waals surface area contributed by atoms with Gasteiger partial charge in [-0.15, -0.1) is 0 Å². The predicted octanol–water partition coefficient (Wildman–Crippen LogP) is -3.41. The van der Waals surface area contributed by atoms with Crippen LogP contribution in [0, 0.1) is 0 Å². The van der Waals surface area contributed by atoms with Gasteiger partial charge in [-0.1, -0.05) is 0 Å². The predicted molar refractivity (Wildman–Crippen MR) is 39.1 cm³/mol. The summed E-state index contributed by atoms with van der Waals surface area (Å²) in [6, 6.07) is -1.26. The number of aliphatic hydroxyl groups is 4. The summed E-state index contributed by atoms with van der Waals surface area (Å²) < 4.78 is 0. The maximum atomic E-state index is 10.0. The lowest BCUT2D eigenvalue weighted by Gasteiger charge is -2.23. The maximum absolute atomic E-state index is 10.0. The topological polar surface area (TPSA) is 124 Å². The van der Waals surface area contributed by atoms with E-state index in [4.69, 9.17) is 26.2 Å². The SMILES string of the molecule is N[C@@H](C=O)[C@H](O)[C@H](O)[C@H](O)CO. The Morgan fingerprint density at radius 2 is 1.75 bits per heavy atom. The molecule has 0 unspecified atom stereocenters. The van der Waals surface area contributed by atoms with Crippen molar-refractivity contribution in [3.05, 3.63) is 0 Å². The van der Waals surface area contributed by atoms with Crippen molar-refractivity contribution in [1.82, 2.24) is 0 Å². The van der Waals surface area contributed by atoms with Crippen molar-refractivity contribution in [3.8, 4) is 0 Å². The minimum absolute atomic E-state index is 0.248. The second-order valence-corrected chi connectivity index (χ2v) is 2.44. The zero-order chi connectivity index (χ0) is 9.72. The van der Waals surface area contributed by atoms with E-state index in [-0.39, 0.29) is 6.29 Å². The van der Waals surface area contributed by atoms with Crippen LogP contribution in [0.5, 0.6) is 0 Å². The van der Waals surface area contributed by atoms with E-state index >= 15 is 0 Å². The summed E-state index contributed by atoms with van der Waals surface area (Å²) in [7, 11) is 0. The highest BCUT2D eigenvalue weighted by Gasteiger charge is 2.28. The zero-order valence-electron chi connectivity index (χ0n) is 6.37. The molecule has 0 aromatic carbocycles. The molecule has 12 heavy (non-hydrogen) atoms. The largest absolute Gasteiger partial charge is 0.394 e. The molecule has 6 nitrogen and oxygen atoms in total. The van der Waals surface area contributed by atoms with Crippen molar-refractivity contribution >= 4 is 6.29 Å². The molecule has 0 saturated carbocycles. The van der Waals surface area contributed by atoms with Crippen LogP contribution in [-0.4, -0.2) is 57.7 Å². The van der Waals surface area contributed by atoms with Gasteiger partial charge in [-0.2, -0.15) is 0 Å². The number of rotatable bonds is 5. The van der Waals surface area contributed by atoms with Crippen molar-refractivity contribution in [2.45, 2.75) is 24.4 Å². The second-order valence-electron chi connectivity index (χ2n) is 2.44. The first kappa shape index (κ1) is 11.5. The fourth-order valence-corrected chi connectivity index (χ4v) is 0.644. The van der Waals surface area contributed by atoms with E-state index in [2.05, 4.69) is 0 Å². The molecule has 0 saturated heterocycles. The Kier molecular flexibility index (Phi) is 4.95. The van der Waals surface area contributed by atoms with Gasteiger partial charge in [0.05, 0.1) is 12.6 Å². The third-order valence-corrected chi connectivity index (χ3v) is 1.48. The molecule has 0 aliphatic heterocycles. The zero-order valence-corrected chi connectivity index (χ0v) is 6.37. The lowest BCUT2D eigenvalue weighted by Crippen LogP contribution is -2.49. The number of aldehydes is 1. The van der Waals surface area contributed by atoms with Crippen molar-refractivity contribution in [3.63, 3.8) is 0 Å². The Morgan fingerprint density at radius 1 is 1.25 bits per heavy atom. The second kappa shape index (κ2) is 5.18. The maximum Gasteiger partial charge on any atom is 0.139 e. The van der Waals surface area contributed by atoms with E-state index in [1.54, 1.807) is 0 Å². The van der Waals surface area contributed by atoms with E-state index in [1.165, 1.54) is 0 Å². The van der Waals surface area contributed by atoms with Gasteiger partial charge in [-0.05, 0) is 0 Å². The van der Waals surface area contributed by atoms with Crippen LogP contribution in [0.3, 0.4) is 0 Å². The van der Waals surface area contributed by atoms with Crippen LogP contribution >= 0.6 is 0 Å². The number of carbonyl (C=O) groups is 1. The molecule has 0 aromatic rings. The molecule has 0 aliphatic rings. The Labute approximate surface area is 69.2 Å². The average Bonchev–Trinajstić information content (AvgIpc) is 2.12. The molecule has 0 fully saturated rings. The molecular formula is C6H13NO5. The first-order valence-electron chi connectivity index (χ1n) is 3.40. The Morgan fingerprint density at radius 3 is 2.08 bits per heavy atom. The molecule has 0 bridgehead atoms. The highest BCUT2D eigenvalue weighted by atomic mass is 16.4. The Balaban J connectivity index is 4.07. The normalized spacial score (nSPS) is 21.1. The van der Waals surface area contributed by atoms with Crippen molar-refractivity contribution in [2.75, 3.05) is 6.61 Å². The summed E-state index contributed by atoms with van der Waals surface area (Å²) >= 11 is 0. The molecule has 0 aliphatic carbocycles. The lowest BCUT2D eigenvalue weighted by molar-refractivity contribution is -0.118. The molecular weight excluding hydrogens is 166 g/mol. The molecule has 0 rings (SSSR count). The van der Waals surface area contributed by atoms with Gasteiger partial charge >= 0.3 is 0 Å². The van der Waals surface area contributed by atoms with E-state index in [0.717, 1.165) is 0 Å². The fraction of sp³-hybridized carbons (Fsp3) is 0.833. The number of hydrogen-bond acceptors (Lipinski definition) is 6. The van der Waals surface area contributed by atoms with E-state index in [9.17, 15) is 4.79 Å². The van der Waals surface area contributed by atoms with Gasteiger partial charge in [-0.25, -0.2) is 0 Å². The van der Waals surface area contributed by atoms with Crippen LogP contribution in [0.15, 0.2) is 0 Å². The minimum Gasteiger partial charge on any atom is -0.394 e. The third kappa shape index (κ3) is 2.84. The van der Waals surface area contributed by atoms with E-state index < -0.39 is 31.0 Å². The van der Waals surface area contributed by atoms with Gasteiger partial charge < -0.3 is 31.0 Å². The van der Waals surface area contributed by atoms with Crippen LogP contribution < -0.4 is 5.73 Å². The monoisotopic (exact) mass is 179 g/mol. The van der Waals surface area contributed by atoms with Gasteiger partial charge in [0.15, 0.2) is 0 Å². The lowest BCUT2D eigenvalue weighted by atomic mass is 10.0. The van der Waals surface area contributed by atoms with Crippen molar-refractivity contribution in [1.29, 1.82) is 0 Å². The van der Waals surface area contributed by atoms with Crippen molar-refractivity contribution < 1.29 is 25.2 Å². The average molecular weight is 179 g/mol. The van der Waals surface area contributed by atoms with Crippen LogP contribution in [0.4, 0.5) is 0 Å². The van der Waals surface area contributed by atoms with Crippen molar-refractivity contribution in [2.24, 2.45) is 5.73 Å². The molecule has 0 amide bonds. The van der Waals surface area contributed by atoms with E-state index in [1.807, 2.05) is 0 Å². The van der Waals surface area contributed by atoms with Crippen LogP contribution in [0.25, 0.3) is 0 Å². The fourth-order valence-electron chi connectivity index (χ4n) is 0.644. The van der Waals surface area contributed by atoms with Gasteiger partial charge in [0.2, 0.25) is 0 Å². The first-order chi connectivity index (χ1) is 5.54. The minimum atomic E-state index is -1.62. The van der Waals surface area contributed by atoms with Gasteiger partial charge in [0.25, 0.3) is 0 Å². The summed E-state index contributed by atoms with van der Waals surface area (Å²) in [5, 5.41) is 35.2.